The summed E-state index contributed by atoms with van der Waals surface area (Å²) in [5.41, 5.74) is 8.12. The van der Waals surface area contributed by atoms with E-state index in [1.807, 2.05) is 13.8 Å². The van der Waals surface area contributed by atoms with Crippen LogP contribution < -0.4 is 5.73 Å². The summed E-state index contributed by atoms with van der Waals surface area (Å²) in [6, 6.07) is 3.15. The van der Waals surface area contributed by atoms with E-state index in [0.29, 0.717) is 18.9 Å². The van der Waals surface area contributed by atoms with E-state index >= 15 is 0 Å². The predicted molar refractivity (Wildman–Crippen MR) is 82.8 cm³/mol. The van der Waals surface area contributed by atoms with Crippen molar-refractivity contribution in [3.8, 4) is 0 Å². The normalized spacial score (nSPS) is 12.0. The van der Waals surface area contributed by atoms with Gasteiger partial charge in [0, 0.05) is 33.0 Å². The summed E-state index contributed by atoms with van der Waals surface area (Å²) >= 11 is 0. The van der Waals surface area contributed by atoms with Gasteiger partial charge in [0.25, 0.3) is 0 Å². The molecule has 0 unspecified atom stereocenters. The number of hydrogen-bond donors (Lipinski definition) is 1. The van der Waals surface area contributed by atoms with E-state index < -0.39 is 10.0 Å². The summed E-state index contributed by atoms with van der Waals surface area (Å²) in [7, 11) is -0.540. The van der Waals surface area contributed by atoms with Crippen molar-refractivity contribution >= 4 is 15.7 Å². The van der Waals surface area contributed by atoms with Crippen LogP contribution in [-0.4, -0.2) is 53.2 Å². The standard InChI is InChI=1S/C14H24N2O4S/c1-11-9-13(10-14(15)12(11)2)21(17,18)16(5-7-19-3)6-8-20-4/h9-10H,5-8,15H2,1-4H3. The van der Waals surface area contributed by atoms with Gasteiger partial charge in [-0.1, -0.05) is 0 Å². The van der Waals surface area contributed by atoms with Crippen molar-refractivity contribution in [2.24, 2.45) is 0 Å². The molecule has 0 aliphatic rings. The van der Waals surface area contributed by atoms with Gasteiger partial charge in [0.1, 0.15) is 0 Å². The molecule has 1 aromatic carbocycles. The summed E-state index contributed by atoms with van der Waals surface area (Å²) < 4.78 is 36.7. The molecule has 21 heavy (non-hydrogen) atoms. The zero-order valence-corrected chi connectivity index (χ0v) is 13.9. The van der Waals surface area contributed by atoms with Crippen LogP contribution in [0.1, 0.15) is 11.1 Å². The lowest BCUT2D eigenvalue weighted by molar-refractivity contribution is 0.150. The van der Waals surface area contributed by atoms with Gasteiger partial charge in [0.05, 0.1) is 18.1 Å². The van der Waals surface area contributed by atoms with Crippen LogP contribution in [0.4, 0.5) is 5.69 Å². The lowest BCUT2D eigenvalue weighted by Crippen LogP contribution is -2.36. The number of nitrogen functional groups attached to an aromatic ring is 1. The number of methoxy groups -OCH3 is 2. The lowest BCUT2D eigenvalue weighted by atomic mass is 10.1. The van der Waals surface area contributed by atoms with Crippen molar-refractivity contribution < 1.29 is 17.9 Å². The van der Waals surface area contributed by atoms with Gasteiger partial charge in [-0.25, -0.2) is 8.42 Å². The maximum atomic E-state index is 12.7. The van der Waals surface area contributed by atoms with E-state index in [1.165, 1.54) is 24.6 Å². The fourth-order valence-corrected chi connectivity index (χ4v) is 3.42. The number of anilines is 1. The highest BCUT2D eigenvalue weighted by molar-refractivity contribution is 7.89. The molecule has 120 valence electrons. The second kappa shape index (κ2) is 7.74. The molecule has 0 aromatic heterocycles. The van der Waals surface area contributed by atoms with Crippen LogP contribution in [0, 0.1) is 13.8 Å². The lowest BCUT2D eigenvalue weighted by Gasteiger charge is -2.22. The van der Waals surface area contributed by atoms with Crippen molar-refractivity contribution in [3.05, 3.63) is 23.3 Å². The van der Waals surface area contributed by atoms with Crippen molar-refractivity contribution in [1.29, 1.82) is 0 Å². The molecule has 1 aromatic rings. The number of benzene rings is 1. The Morgan fingerprint density at radius 3 is 2.05 bits per heavy atom. The maximum Gasteiger partial charge on any atom is 0.243 e. The molecule has 0 saturated carbocycles. The van der Waals surface area contributed by atoms with E-state index in [-0.39, 0.29) is 18.0 Å². The third-order valence-corrected chi connectivity index (χ3v) is 5.28. The van der Waals surface area contributed by atoms with Crippen LogP contribution >= 0.6 is 0 Å². The van der Waals surface area contributed by atoms with Crippen molar-refractivity contribution in [1.82, 2.24) is 4.31 Å². The molecule has 0 radical (unpaired) electrons. The third kappa shape index (κ3) is 4.41. The monoisotopic (exact) mass is 316 g/mol. The second-order valence-electron chi connectivity index (χ2n) is 4.84. The minimum Gasteiger partial charge on any atom is -0.398 e. The second-order valence-corrected chi connectivity index (χ2v) is 6.78. The Morgan fingerprint density at radius 2 is 1.62 bits per heavy atom. The number of hydrogen-bond acceptors (Lipinski definition) is 5. The number of aryl methyl sites for hydroxylation is 1. The molecule has 0 bridgehead atoms. The number of ether oxygens (including phenoxy) is 2. The van der Waals surface area contributed by atoms with Crippen LogP contribution in [0.25, 0.3) is 0 Å². The summed E-state index contributed by atoms with van der Waals surface area (Å²) in [6.07, 6.45) is 0. The molecule has 0 fully saturated rings. The number of rotatable bonds is 8. The van der Waals surface area contributed by atoms with Gasteiger partial charge in [-0.15, -0.1) is 0 Å². The van der Waals surface area contributed by atoms with E-state index in [0.717, 1.165) is 11.1 Å². The molecule has 2 N–H and O–H groups in total. The first-order chi connectivity index (χ1) is 9.84. The van der Waals surface area contributed by atoms with Crippen molar-refractivity contribution in [3.63, 3.8) is 0 Å². The van der Waals surface area contributed by atoms with Gasteiger partial charge in [-0.05, 0) is 37.1 Å². The van der Waals surface area contributed by atoms with Gasteiger partial charge >= 0.3 is 0 Å². The molecular weight excluding hydrogens is 292 g/mol. The largest absolute Gasteiger partial charge is 0.398 e. The summed E-state index contributed by atoms with van der Waals surface area (Å²) in [5.74, 6) is 0. The highest BCUT2D eigenvalue weighted by Crippen LogP contribution is 2.24. The van der Waals surface area contributed by atoms with E-state index in [1.54, 1.807) is 6.07 Å². The Kier molecular flexibility index (Phi) is 6.60. The Labute approximate surface area is 126 Å². The Balaban J connectivity index is 3.15. The Hall–Kier alpha value is -1.15. The molecule has 6 nitrogen and oxygen atoms in total. The quantitative estimate of drug-likeness (QED) is 0.728. The molecule has 1 rings (SSSR count). The number of nitrogens with zero attached hydrogens (tertiary/aromatic N) is 1. The summed E-state index contributed by atoms with van der Waals surface area (Å²) in [6.45, 7) is 4.91. The van der Waals surface area contributed by atoms with E-state index in [4.69, 9.17) is 15.2 Å². The van der Waals surface area contributed by atoms with Gasteiger partial charge in [-0.3, -0.25) is 0 Å². The number of nitrogens with two attached hydrogens (primary N) is 1. The minimum atomic E-state index is -3.61. The first-order valence-corrected chi connectivity index (χ1v) is 8.13. The van der Waals surface area contributed by atoms with E-state index in [9.17, 15) is 8.42 Å². The van der Waals surface area contributed by atoms with Gasteiger partial charge < -0.3 is 15.2 Å². The fourth-order valence-electron chi connectivity index (χ4n) is 1.89. The smallest absolute Gasteiger partial charge is 0.243 e. The predicted octanol–water partition coefficient (Wildman–Crippen LogP) is 1.17. The molecular formula is C14H24N2O4S. The van der Waals surface area contributed by atoms with Crippen LogP contribution in [0.15, 0.2) is 17.0 Å². The van der Waals surface area contributed by atoms with Crippen LogP contribution in [0.5, 0.6) is 0 Å². The number of sulfonamides is 1. The molecule has 0 amide bonds. The minimum absolute atomic E-state index is 0.204. The topological polar surface area (TPSA) is 81.9 Å². The zero-order valence-electron chi connectivity index (χ0n) is 13.0. The fraction of sp³-hybridized carbons (Fsp3) is 0.571. The molecule has 0 atom stereocenters. The molecule has 7 heteroatoms. The Bertz CT molecular complexity index is 541. The Morgan fingerprint density at radius 1 is 1.10 bits per heavy atom. The summed E-state index contributed by atoms with van der Waals surface area (Å²) in [4.78, 5) is 0.204. The third-order valence-electron chi connectivity index (χ3n) is 3.41. The van der Waals surface area contributed by atoms with Gasteiger partial charge in [0.15, 0.2) is 0 Å². The SMILES string of the molecule is COCCN(CCOC)S(=O)(=O)c1cc(C)c(C)c(N)c1. The van der Waals surface area contributed by atoms with Crippen LogP contribution in [-0.2, 0) is 19.5 Å². The highest BCUT2D eigenvalue weighted by atomic mass is 32.2. The van der Waals surface area contributed by atoms with Gasteiger partial charge in [0.2, 0.25) is 10.0 Å². The molecule has 0 heterocycles. The van der Waals surface area contributed by atoms with Crippen LogP contribution in [0.3, 0.4) is 0 Å². The van der Waals surface area contributed by atoms with Gasteiger partial charge in [-0.2, -0.15) is 4.31 Å². The molecule has 0 aliphatic heterocycles. The highest BCUT2D eigenvalue weighted by Gasteiger charge is 2.25. The van der Waals surface area contributed by atoms with Crippen molar-refractivity contribution in [2.75, 3.05) is 46.3 Å². The molecule has 0 spiro atoms. The molecule has 0 saturated heterocycles. The summed E-state index contributed by atoms with van der Waals surface area (Å²) in [5, 5.41) is 0. The first-order valence-electron chi connectivity index (χ1n) is 6.69. The van der Waals surface area contributed by atoms with Crippen molar-refractivity contribution in [2.45, 2.75) is 18.7 Å². The average Bonchev–Trinajstić information content (AvgIpc) is 2.44. The maximum absolute atomic E-state index is 12.7. The van der Waals surface area contributed by atoms with Crippen LogP contribution in [0.2, 0.25) is 0 Å². The average molecular weight is 316 g/mol. The molecule has 0 aliphatic carbocycles. The zero-order chi connectivity index (χ0) is 16.0. The van der Waals surface area contributed by atoms with E-state index in [2.05, 4.69) is 0 Å². The first kappa shape index (κ1) is 17.9.